The van der Waals surface area contributed by atoms with E-state index >= 15 is 0 Å². The fourth-order valence-electron chi connectivity index (χ4n) is 12.7. The summed E-state index contributed by atoms with van der Waals surface area (Å²) in [6.45, 7) is 5.45. The highest BCUT2D eigenvalue weighted by atomic mass is 19.4. The van der Waals surface area contributed by atoms with Gasteiger partial charge < -0.3 is 132 Å². The molecule has 1 aromatic heterocycles. The number of alkyl halides is 6. The van der Waals surface area contributed by atoms with Gasteiger partial charge in [-0.05, 0) is 42.6 Å². The Hall–Kier alpha value is -5.97. The van der Waals surface area contributed by atoms with Crippen molar-refractivity contribution >= 4 is 40.4 Å². The molecular weight excluding hydrogens is 1480 g/mol. The van der Waals surface area contributed by atoms with Crippen molar-refractivity contribution in [2.45, 2.75) is 130 Å². The molecule has 11 atom stereocenters. The van der Waals surface area contributed by atoms with Crippen molar-refractivity contribution in [3.05, 3.63) is 71.9 Å². The van der Waals surface area contributed by atoms with Crippen LogP contribution in [0.15, 0.2) is 60.8 Å². The van der Waals surface area contributed by atoms with Crippen molar-refractivity contribution in [2.24, 2.45) is 0 Å². The van der Waals surface area contributed by atoms with Gasteiger partial charge in [0.25, 0.3) is 0 Å². The minimum atomic E-state index is -5.22. The molecule has 5 fully saturated rings. The first-order valence-corrected chi connectivity index (χ1v) is 36.8. The number of fused-ring (bicyclic) bond motifs is 5. The highest BCUT2D eigenvalue weighted by molar-refractivity contribution is 5.84. The number of hydrogen-bond acceptors (Lipinski definition) is 27. The summed E-state index contributed by atoms with van der Waals surface area (Å²) in [5, 5.41) is 54.8. The summed E-state index contributed by atoms with van der Waals surface area (Å²) in [6, 6.07) is 15.9. The lowest BCUT2D eigenvalue weighted by molar-refractivity contribution is -0.240. The van der Waals surface area contributed by atoms with Crippen molar-refractivity contribution in [1.29, 1.82) is 0 Å². The Morgan fingerprint density at radius 3 is 1.45 bits per heavy atom. The SMILES string of the molecule is O=C(CCOCC(COCCC(=O)NCCOCCOCCOCCOC[C@@]12CO[C@@H](O1)[C@H](NC(=O)C(F)(F)F)[C@@H](O)[C@H]2O)NC(=O)COCCOCCOCCn1ccc2c(CN3CCCCC3c3ccccc3)cccc21)NCCOCCOCCOCCOC[C@@]12CO[C@@H](O1)[C@H](NC(=O)C(F)(F)F)[C@@H](O)[C@H]2O. The van der Waals surface area contributed by atoms with Crippen LogP contribution in [-0.4, -0.2) is 343 Å². The van der Waals surface area contributed by atoms with Crippen LogP contribution >= 0.6 is 0 Å². The van der Waals surface area contributed by atoms with E-state index in [2.05, 4.69) is 86.2 Å². The van der Waals surface area contributed by atoms with E-state index in [1.54, 1.807) is 10.6 Å². The summed E-state index contributed by atoms with van der Waals surface area (Å²) in [4.78, 5) is 63.7. The number of nitrogens with one attached hydrogen (secondary N) is 5. The third-order valence-corrected chi connectivity index (χ3v) is 18.4. The summed E-state index contributed by atoms with van der Waals surface area (Å²) >= 11 is 0. The molecular formula is C71H105F6N7O26. The molecule has 5 amide bonds. The summed E-state index contributed by atoms with van der Waals surface area (Å²) in [6.07, 6.45) is -14.7. The molecule has 4 bridgehead atoms. The summed E-state index contributed by atoms with van der Waals surface area (Å²) in [5.41, 5.74) is 0.715. The van der Waals surface area contributed by atoms with Gasteiger partial charge in [0.05, 0.1) is 184 Å². The third-order valence-electron chi connectivity index (χ3n) is 18.4. The number of aliphatic hydroxyl groups is 4. The maximum Gasteiger partial charge on any atom is 0.471 e. The summed E-state index contributed by atoms with van der Waals surface area (Å²) in [5.74, 6) is -5.71. The zero-order chi connectivity index (χ0) is 78.6. The monoisotopic (exact) mass is 1590 g/mol. The van der Waals surface area contributed by atoms with Crippen LogP contribution in [0.4, 0.5) is 26.3 Å². The van der Waals surface area contributed by atoms with E-state index in [-0.39, 0.29) is 203 Å². The number of piperidine rings is 1. The molecule has 39 heteroatoms. The Balaban J connectivity index is 0.633. The molecule has 2 aromatic carbocycles. The molecule has 8 rings (SSSR count). The number of rotatable bonds is 55. The molecule has 9 N–H and O–H groups in total. The Bertz CT molecular complexity index is 3080. The van der Waals surface area contributed by atoms with Crippen LogP contribution in [-0.2, 0) is 118 Å². The Labute approximate surface area is 632 Å². The fourth-order valence-corrected chi connectivity index (χ4v) is 12.7. The van der Waals surface area contributed by atoms with E-state index in [1.165, 1.54) is 34.9 Å². The van der Waals surface area contributed by atoms with E-state index in [9.17, 15) is 70.7 Å². The summed E-state index contributed by atoms with van der Waals surface area (Å²) in [7, 11) is 0. The summed E-state index contributed by atoms with van der Waals surface area (Å²) < 4.78 is 173. The molecule has 5 aliphatic rings. The van der Waals surface area contributed by atoms with Crippen LogP contribution in [0.1, 0.15) is 49.3 Å². The number of aromatic nitrogens is 1. The number of halogens is 6. The highest BCUT2D eigenvalue weighted by Gasteiger charge is 2.62. The van der Waals surface area contributed by atoms with Gasteiger partial charge in [-0.15, -0.1) is 0 Å². The fraction of sp³-hybridized carbons (Fsp3) is 0.732. The van der Waals surface area contributed by atoms with E-state index in [0.717, 1.165) is 19.5 Å². The maximum absolute atomic E-state index is 13.0. The Morgan fingerprint density at radius 2 is 0.964 bits per heavy atom. The standard InChI is InChI=1S/C71H105F6N7O26/c72-70(73,74)66(92)81-58-60(88)62(90)68(47-107-64(58)109-68)45-105-39-36-100-33-31-97-28-25-94-22-15-78-55(85)13-20-102-42-51(43-103-21-14-56(86)79-16-23-95-26-29-98-32-34-101-37-40-106-46-69-48-108-65(110-69)59(61(89)63(69)91)82-67(93)71(75,76)77)80-57(87)44-104-38-35-99-30-27-96-24-19-83-18-12-52-50(9-6-11-54(52)83)41-84-17-5-4-10-53(84)49-7-2-1-3-8-49/h1-3,6-9,11-12,18,51,53,58-65,88-91H,4-5,10,13-17,19-48H2,(H,78,85)(H,79,86)(H,80,87)(H,81,92)(H,82,93)/t53?,58-,59-,60-,61-,62-,63-,64+,65+,68+,69+/m1/s1. The number of likely N-dealkylation sites (tertiary alicyclic amines) is 1. The van der Waals surface area contributed by atoms with Crippen molar-refractivity contribution in [2.75, 3.05) is 205 Å². The zero-order valence-electron chi connectivity index (χ0n) is 61.3. The Kier molecular flexibility index (Phi) is 38.3. The second-order valence-corrected chi connectivity index (χ2v) is 26.5. The van der Waals surface area contributed by atoms with Crippen LogP contribution < -0.4 is 26.6 Å². The average Bonchev–Trinajstić information content (AvgIpc) is 1.59. The van der Waals surface area contributed by atoms with E-state index in [4.69, 9.17) is 80.5 Å². The van der Waals surface area contributed by atoms with Crippen LogP contribution in [0.2, 0.25) is 0 Å². The van der Waals surface area contributed by atoms with Gasteiger partial charge >= 0.3 is 24.2 Å². The van der Waals surface area contributed by atoms with Crippen LogP contribution in [0, 0.1) is 0 Å². The minimum absolute atomic E-state index is 0.00370. The molecule has 1 unspecified atom stereocenters. The number of benzene rings is 2. The van der Waals surface area contributed by atoms with E-state index < -0.39 is 96.4 Å². The molecule has 0 spiro atoms. The van der Waals surface area contributed by atoms with Crippen LogP contribution in [0.5, 0.6) is 0 Å². The maximum atomic E-state index is 13.0. The molecule has 6 heterocycles. The molecule has 33 nitrogen and oxygen atoms in total. The van der Waals surface area contributed by atoms with Gasteiger partial charge in [0.1, 0.15) is 54.3 Å². The number of nitrogens with zero attached hydrogens (tertiary/aromatic N) is 2. The highest BCUT2D eigenvalue weighted by Crippen LogP contribution is 2.40. The van der Waals surface area contributed by atoms with Gasteiger partial charge in [0.15, 0.2) is 12.6 Å². The van der Waals surface area contributed by atoms with Gasteiger partial charge in [-0.3, -0.25) is 28.9 Å². The zero-order valence-corrected chi connectivity index (χ0v) is 61.3. The molecule has 0 radical (unpaired) electrons. The minimum Gasteiger partial charge on any atom is -0.388 e. The number of aliphatic hydroxyl groups excluding tert-OH is 4. The molecule has 0 saturated carbocycles. The lowest BCUT2D eigenvalue weighted by Gasteiger charge is -2.42. The first kappa shape index (κ1) is 89.6. The predicted octanol–water partition coefficient (Wildman–Crippen LogP) is -0.130. The molecule has 622 valence electrons. The molecule has 5 saturated heterocycles. The third kappa shape index (κ3) is 29.1. The smallest absolute Gasteiger partial charge is 0.388 e. The molecule has 0 aliphatic carbocycles. The van der Waals surface area contributed by atoms with E-state index in [0.29, 0.717) is 32.4 Å². The van der Waals surface area contributed by atoms with Gasteiger partial charge in [-0.25, -0.2) is 0 Å². The number of hydrogen-bond donors (Lipinski definition) is 9. The largest absolute Gasteiger partial charge is 0.471 e. The number of carbonyl (C=O) groups excluding carboxylic acids is 5. The first-order chi connectivity index (χ1) is 53.1. The Morgan fingerprint density at radius 1 is 0.509 bits per heavy atom. The van der Waals surface area contributed by atoms with Gasteiger partial charge in [-0.1, -0.05) is 48.9 Å². The van der Waals surface area contributed by atoms with Crippen molar-refractivity contribution in [3.8, 4) is 0 Å². The van der Waals surface area contributed by atoms with Crippen molar-refractivity contribution in [1.82, 2.24) is 36.1 Å². The van der Waals surface area contributed by atoms with Crippen molar-refractivity contribution in [3.63, 3.8) is 0 Å². The lowest BCUT2D eigenvalue weighted by Crippen LogP contribution is -2.67. The van der Waals surface area contributed by atoms with Crippen molar-refractivity contribution < 1.29 is 151 Å². The second-order valence-electron chi connectivity index (χ2n) is 26.5. The first-order valence-electron chi connectivity index (χ1n) is 36.8. The molecule has 5 aliphatic heterocycles. The van der Waals surface area contributed by atoms with Gasteiger partial charge in [-0.2, -0.15) is 26.3 Å². The normalized spacial score (nSPS) is 24.1. The number of amides is 5. The quantitative estimate of drug-likeness (QED) is 0.0262. The number of carbonyl (C=O) groups is 5. The topological polar surface area (TPSA) is 392 Å². The predicted molar refractivity (Wildman–Crippen MR) is 370 cm³/mol. The van der Waals surface area contributed by atoms with Gasteiger partial charge in [0, 0.05) is 62.2 Å². The van der Waals surface area contributed by atoms with Crippen LogP contribution in [0.3, 0.4) is 0 Å². The second kappa shape index (κ2) is 47.0. The lowest BCUT2D eigenvalue weighted by atomic mass is 9.88. The van der Waals surface area contributed by atoms with Crippen LogP contribution in [0.25, 0.3) is 10.9 Å². The van der Waals surface area contributed by atoms with Gasteiger partial charge in [0.2, 0.25) is 17.7 Å². The molecule has 3 aromatic rings. The van der Waals surface area contributed by atoms with E-state index in [1.807, 2.05) is 0 Å². The molecule has 110 heavy (non-hydrogen) atoms. The average molecular weight is 1590 g/mol. The number of ether oxygens (including phenoxy) is 17.